The lowest BCUT2D eigenvalue weighted by Crippen LogP contribution is -2.33. The van der Waals surface area contributed by atoms with Crippen molar-refractivity contribution in [1.82, 2.24) is 25.2 Å². The van der Waals surface area contributed by atoms with Crippen molar-refractivity contribution in [1.29, 1.82) is 0 Å². The smallest absolute Gasteiger partial charge is 0.325 e. The van der Waals surface area contributed by atoms with Gasteiger partial charge >= 0.3 is 6.03 Å². The van der Waals surface area contributed by atoms with Crippen molar-refractivity contribution >= 4 is 35.7 Å². The van der Waals surface area contributed by atoms with Crippen LogP contribution in [-0.4, -0.2) is 47.2 Å². The molecule has 0 saturated heterocycles. The van der Waals surface area contributed by atoms with Crippen LogP contribution in [0.4, 0.5) is 16.3 Å². The van der Waals surface area contributed by atoms with E-state index in [1.807, 2.05) is 20.2 Å². The molecular formula is C22H25N7O2. The van der Waals surface area contributed by atoms with Crippen LogP contribution in [0.3, 0.4) is 0 Å². The van der Waals surface area contributed by atoms with Gasteiger partial charge in [0.25, 0.3) is 0 Å². The van der Waals surface area contributed by atoms with Gasteiger partial charge in [0, 0.05) is 48.7 Å². The van der Waals surface area contributed by atoms with Crippen LogP contribution in [0.1, 0.15) is 25.3 Å². The molecule has 2 aromatic heterocycles. The molecule has 0 bridgehead atoms. The maximum atomic E-state index is 11.6. The number of aromatic nitrogens is 3. The molecule has 9 heteroatoms. The first-order chi connectivity index (χ1) is 14.9. The Morgan fingerprint density at radius 3 is 2.61 bits per heavy atom. The fraction of sp³-hybridized carbons (Fsp3) is 0.273. The summed E-state index contributed by atoms with van der Waals surface area (Å²) in [7, 11) is 4.02. The summed E-state index contributed by atoms with van der Waals surface area (Å²) in [6.07, 6.45) is 6.10. The number of imide groups is 1. The molecule has 4 rings (SSSR count). The van der Waals surface area contributed by atoms with Gasteiger partial charge in [-0.05, 0) is 38.0 Å². The van der Waals surface area contributed by atoms with Crippen LogP contribution in [0.5, 0.6) is 0 Å². The number of nitrogens with one attached hydrogen (secondary N) is 3. The van der Waals surface area contributed by atoms with Gasteiger partial charge in [-0.15, -0.1) is 0 Å². The Bertz CT molecular complexity index is 1140. The van der Waals surface area contributed by atoms with Crippen LogP contribution >= 0.6 is 0 Å². The van der Waals surface area contributed by atoms with E-state index in [4.69, 9.17) is 4.98 Å². The van der Waals surface area contributed by atoms with E-state index >= 15 is 0 Å². The largest absolute Gasteiger partial charge is 0.378 e. The van der Waals surface area contributed by atoms with Gasteiger partial charge < -0.3 is 15.5 Å². The zero-order valence-corrected chi connectivity index (χ0v) is 17.7. The molecule has 160 valence electrons. The average Bonchev–Trinajstić information content (AvgIpc) is 3.47. The lowest BCUT2D eigenvalue weighted by atomic mass is 10.1. The van der Waals surface area contributed by atoms with E-state index in [0.29, 0.717) is 23.8 Å². The van der Waals surface area contributed by atoms with Gasteiger partial charge in [-0.2, -0.15) is 9.61 Å². The number of allylic oxidation sites excluding steroid dienone is 1. The van der Waals surface area contributed by atoms with E-state index in [9.17, 15) is 9.59 Å². The van der Waals surface area contributed by atoms with Crippen molar-refractivity contribution in [2.75, 3.05) is 24.3 Å². The van der Waals surface area contributed by atoms with Gasteiger partial charge in [-0.3, -0.25) is 10.1 Å². The number of benzene rings is 1. The zero-order valence-electron chi connectivity index (χ0n) is 17.7. The molecule has 0 aliphatic heterocycles. The molecular weight excluding hydrogens is 394 g/mol. The SMILES string of the molecule is C/C(=C/c1cnn2c(NC3CC3)cc(-c3ccc(N(C)C)cc3)nc12)NC(=O)NC=O. The Morgan fingerprint density at radius 1 is 1.23 bits per heavy atom. The highest BCUT2D eigenvalue weighted by atomic mass is 16.2. The van der Waals surface area contributed by atoms with Crippen molar-refractivity contribution in [3.05, 3.63) is 47.8 Å². The molecule has 1 aromatic carbocycles. The molecule has 3 amide bonds. The highest BCUT2D eigenvalue weighted by Crippen LogP contribution is 2.29. The number of carbonyl (C=O) groups is 2. The van der Waals surface area contributed by atoms with Crippen LogP contribution in [0, 0.1) is 0 Å². The molecule has 1 fully saturated rings. The van der Waals surface area contributed by atoms with E-state index in [2.05, 4.69) is 50.2 Å². The van der Waals surface area contributed by atoms with Crippen molar-refractivity contribution in [2.24, 2.45) is 0 Å². The van der Waals surface area contributed by atoms with Crippen LogP contribution in [0.15, 0.2) is 42.2 Å². The lowest BCUT2D eigenvalue weighted by molar-refractivity contribution is -0.108. The molecule has 3 aromatic rings. The number of amides is 3. The molecule has 1 saturated carbocycles. The monoisotopic (exact) mass is 419 g/mol. The first-order valence-electron chi connectivity index (χ1n) is 10.1. The summed E-state index contributed by atoms with van der Waals surface area (Å²) >= 11 is 0. The topological polar surface area (TPSA) is 104 Å². The van der Waals surface area contributed by atoms with Crippen molar-refractivity contribution in [2.45, 2.75) is 25.8 Å². The number of anilines is 2. The number of urea groups is 1. The number of nitrogens with zero attached hydrogens (tertiary/aromatic N) is 4. The van der Waals surface area contributed by atoms with E-state index in [0.717, 1.165) is 41.2 Å². The number of hydrogen-bond acceptors (Lipinski definition) is 6. The lowest BCUT2D eigenvalue weighted by Gasteiger charge is -2.13. The van der Waals surface area contributed by atoms with E-state index in [1.165, 1.54) is 0 Å². The Labute approximate surface area is 180 Å². The standard InChI is InChI=1S/C22H25N7O2/c1-14(25-22(31)23-13-30)10-16-12-24-29-20(26-17-6-7-17)11-19(27-21(16)29)15-4-8-18(9-5-15)28(2)3/h4-5,8-13,17,26H,6-7H2,1-3H3,(H2,23,25,30,31)/b14-10-. The van der Waals surface area contributed by atoms with Gasteiger partial charge in [-0.25, -0.2) is 9.78 Å². The summed E-state index contributed by atoms with van der Waals surface area (Å²) < 4.78 is 1.78. The molecule has 0 unspecified atom stereocenters. The molecule has 1 aliphatic rings. The number of hydrogen-bond donors (Lipinski definition) is 3. The normalized spacial score (nSPS) is 13.7. The zero-order chi connectivity index (χ0) is 22.0. The second kappa shape index (κ2) is 8.47. The predicted octanol–water partition coefficient (Wildman–Crippen LogP) is 2.85. The Balaban J connectivity index is 1.74. The van der Waals surface area contributed by atoms with E-state index in [-0.39, 0.29) is 0 Å². The first kappa shape index (κ1) is 20.4. The maximum Gasteiger partial charge on any atom is 0.325 e. The Kier molecular flexibility index (Phi) is 5.57. The van der Waals surface area contributed by atoms with Gasteiger partial charge in [0.1, 0.15) is 5.82 Å². The third-order valence-corrected chi connectivity index (χ3v) is 4.98. The molecule has 0 atom stereocenters. The fourth-order valence-corrected chi connectivity index (χ4v) is 3.24. The molecule has 1 aliphatic carbocycles. The summed E-state index contributed by atoms with van der Waals surface area (Å²) in [5, 5.41) is 12.7. The van der Waals surface area contributed by atoms with E-state index < -0.39 is 6.03 Å². The third-order valence-electron chi connectivity index (χ3n) is 4.98. The summed E-state index contributed by atoms with van der Waals surface area (Å²) in [4.78, 5) is 28.9. The Hall–Kier alpha value is -3.88. The van der Waals surface area contributed by atoms with Crippen LogP contribution in [0.25, 0.3) is 23.0 Å². The quantitative estimate of drug-likeness (QED) is 0.509. The van der Waals surface area contributed by atoms with Crippen molar-refractivity contribution < 1.29 is 9.59 Å². The van der Waals surface area contributed by atoms with Gasteiger partial charge in [-0.1, -0.05) is 12.1 Å². The van der Waals surface area contributed by atoms with Gasteiger partial charge in [0.15, 0.2) is 5.65 Å². The van der Waals surface area contributed by atoms with E-state index in [1.54, 1.807) is 23.7 Å². The number of fused-ring (bicyclic) bond motifs is 1. The summed E-state index contributed by atoms with van der Waals surface area (Å²) in [5.41, 5.74) is 4.95. The minimum absolute atomic E-state index is 0.336. The minimum Gasteiger partial charge on any atom is -0.378 e. The number of carbonyl (C=O) groups excluding carboxylic acids is 2. The van der Waals surface area contributed by atoms with Gasteiger partial charge in [0.2, 0.25) is 6.41 Å². The van der Waals surface area contributed by atoms with Crippen LogP contribution in [-0.2, 0) is 4.79 Å². The second-order valence-electron chi connectivity index (χ2n) is 7.77. The summed E-state index contributed by atoms with van der Waals surface area (Å²) in [5.74, 6) is 0.878. The minimum atomic E-state index is -0.592. The van der Waals surface area contributed by atoms with Crippen LogP contribution in [0.2, 0.25) is 0 Å². The highest BCUT2D eigenvalue weighted by molar-refractivity contribution is 5.86. The number of rotatable bonds is 7. The highest BCUT2D eigenvalue weighted by Gasteiger charge is 2.23. The molecule has 3 N–H and O–H groups in total. The Morgan fingerprint density at radius 2 is 1.97 bits per heavy atom. The molecule has 9 nitrogen and oxygen atoms in total. The van der Waals surface area contributed by atoms with Crippen molar-refractivity contribution in [3.8, 4) is 11.3 Å². The molecule has 31 heavy (non-hydrogen) atoms. The summed E-state index contributed by atoms with van der Waals surface area (Å²) in [6.45, 7) is 1.74. The average molecular weight is 419 g/mol. The van der Waals surface area contributed by atoms with Crippen molar-refractivity contribution in [3.63, 3.8) is 0 Å². The first-order valence-corrected chi connectivity index (χ1v) is 10.1. The predicted molar refractivity (Wildman–Crippen MR) is 121 cm³/mol. The van der Waals surface area contributed by atoms with Crippen LogP contribution < -0.4 is 20.9 Å². The maximum absolute atomic E-state index is 11.6. The second-order valence-corrected chi connectivity index (χ2v) is 7.77. The van der Waals surface area contributed by atoms with Gasteiger partial charge in [0.05, 0.1) is 11.9 Å². The summed E-state index contributed by atoms with van der Waals surface area (Å²) in [6, 6.07) is 10.1. The molecule has 0 radical (unpaired) electrons. The third kappa shape index (κ3) is 4.66. The molecule has 2 heterocycles. The fourth-order valence-electron chi connectivity index (χ4n) is 3.24. The molecule has 0 spiro atoms.